The van der Waals surface area contributed by atoms with Crippen LogP contribution >= 0.6 is 0 Å². The van der Waals surface area contributed by atoms with E-state index in [9.17, 15) is 19.7 Å². The molecule has 0 unspecified atom stereocenters. The molecule has 8 nitrogen and oxygen atoms in total. The second kappa shape index (κ2) is 5.34. The van der Waals surface area contributed by atoms with Gasteiger partial charge >= 0.3 is 17.8 Å². The van der Waals surface area contributed by atoms with Gasteiger partial charge in [-0.15, -0.1) is 0 Å². The Morgan fingerprint density at radius 1 is 1.53 bits per heavy atom. The van der Waals surface area contributed by atoms with E-state index >= 15 is 0 Å². The summed E-state index contributed by atoms with van der Waals surface area (Å²) < 4.78 is 14.3. The summed E-state index contributed by atoms with van der Waals surface area (Å²) in [6.45, 7) is 0.227. The van der Waals surface area contributed by atoms with E-state index in [0.717, 1.165) is 6.08 Å². The number of ether oxygens (including phenoxy) is 2. The molecule has 0 N–H and O–H groups in total. The lowest BCUT2D eigenvalue weighted by molar-refractivity contribution is -0.402. The minimum Gasteiger partial charge on any atom is -0.463 e. The van der Waals surface area contributed by atoms with E-state index in [1.165, 1.54) is 18.2 Å². The molecule has 0 saturated carbocycles. The van der Waals surface area contributed by atoms with Crippen molar-refractivity contribution < 1.29 is 28.4 Å². The van der Waals surface area contributed by atoms with Crippen molar-refractivity contribution in [1.29, 1.82) is 0 Å². The van der Waals surface area contributed by atoms with E-state index in [2.05, 4.69) is 4.74 Å². The van der Waals surface area contributed by atoms with Crippen molar-refractivity contribution in [3.8, 4) is 0 Å². The van der Waals surface area contributed by atoms with Gasteiger partial charge in [0.15, 0.2) is 0 Å². The molecule has 0 amide bonds. The van der Waals surface area contributed by atoms with Gasteiger partial charge < -0.3 is 13.9 Å². The highest BCUT2D eigenvalue weighted by Crippen LogP contribution is 2.17. The van der Waals surface area contributed by atoms with Gasteiger partial charge in [-0.25, -0.2) is 9.59 Å². The van der Waals surface area contributed by atoms with Crippen LogP contribution in [0.1, 0.15) is 12.2 Å². The number of hydrogen-bond acceptors (Lipinski definition) is 7. The second-order valence-electron chi connectivity index (χ2n) is 3.65. The maximum Gasteiger partial charge on any atom is 0.433 e. The van der Waals surface area contributed by atoms with Crippen LogP contribution < -0.4 is 0 Å². The number of nitrogens with zero attached hydrogens (tertiary/aromatic N) is 1. The second-order valence-corrected chi connectivity index (χ2v) is 3.65. The lowest BCUT2D eigenvalue weighted by atomic mass is 10.3. The molecule has 1 saturated heterocycles. The Bertz CT molecular complexity index is 545. The van der Waals surface area contributed by atoms with Gasteiger partial charge in [-0.1, -0.05) is 0 Å². The molecule has 2 rings (SSSR count). The third-order valence-corrected chi connectivity index (χ3v) is 2.32. The highest BCUT2D eigenvalue weighted by atomic mass is 16.6. The van der Waals surface area contributed by atoms with Crippen LogP contribution in [0.25, 0.3) is 6.08 Å². The SMILES string of the molecule is O=C(/C=C/c1ccc([N+](=O)[O-])o1)O[C@H]1CCOC1=O. The van der Waals surface area contributed by atoms with Gasteiger partial charge in [0.05, 0.1) is 12.7 Å². The smallest absolute Gasteiger partial charge is 0.433 e. The molecule has 19 heavy (non-hydrogen) atoms. The number of cyclic esters (lactones) is 1. The summed E-state index contributed by atoms with van der Waals surface area (Å²) in [6, 6.07) is 2.51. The molecule has 2 heterocycles. The minimum atomic E-state index is -0.886. The molecule has 1 atom stereocenters. The topological polar surface area (TPSA) is 109 Å². The summed E-state index contributed by atoms with van der Waals surface area (Å²) >= 11 is 0. The number of furan rings is 1. The zero-order valence-electron chi connectivity index (χ0n) is 9.61. The lowest BCUT2D eigenvalue weighted by Crippen LogP contribution is -2.21. The van der Waals surface area contributed by atoms with Crippen molar-refractivity contribution in [2.45, 2.75) is 12.5 Å². The first kappa shape index (κ1) is 12.8. The Balaban J connectivity index is 1.92. The van der Waals surface area contributed by atoms with Crippen LogP contribution in [0.3, 0.4) is 0 Å². The fourth-order valence-electron chi connectivity index (χ4n) is 1.44. The number of nitro groups is 1. The van der Waals surface area contributed by atoms with Gasteiger partial charge in [0.25, 0.3) is 0 Å². The largest absolute Gasteiger partial charge is 0.463 e. The van der Waals surface area contributed by atoms with Crippen molar-refractivity contribution in [2.75, 3.05) is 6.61 Å². The van der Waals surface area contributed by atoms with Crippen molar-refractivity contribution in [3.05, 3.63) is 34.1 Å². The Kier molecular flexibility index (Phi) is 3.60. The number of esters is 2. The molecule has 0 aromatic carbocycles. The van der Waals surface area contributed by atoms with Crippen LogP contribution in [0.4, 0.5) is 5.88 Å². The third-order valence-electron chi connectivity index (χ3n) is 2.32. The molecule has 0 aliphatic carbocycles. The molecule has 0 bridgehead atoms. The zero-order chi connectivity index (χ0) is 13.8. The Morgan fingerprint density at radius 3 is 2.89 bits per heavy atom. The van der Waals surface area contributed by atoms with Gasteiger partial charge in [-0.3, -0.25) is 10.1 Å². The first-order valence-corrected chi connectivity index (χ1v) is 5.36. The molecule has 1 aromatic rings. The third kappa shape index (κ3) is 3.18. The molecule has 0 radical (unpaired) electrons. The molecule has 0 spiro atoms. The summed E-state index contributed by atoms with van der Waals surface area (Å²) in [4.78, 5) is 32.1. The highest BCUT2D eigenvalue weighted by Gasteiger charge is 2.29. The zero-order valence-corrected chi connectivity index (χ0v) is 9.61. The van der Waals surface area contributed by atoms with E-state index in [1.54, 1.807) is 0 Å². The highest BCUT2D eigenvalue weighted by molar-refractivity contribution is 5.89. The van der Waals surface area contributed by atoms with E-state index in [0.29, 0.717) is 6.42 Å². The summed E-state index contributed by atoms with van der Waals surface area (Å²) in [7, 11) is 0. The van der Waals surface area contributed by atoms with E-state index in [-0.39, 0.29) is 12.4 Å². The average Bonchev–Trinajstić information content (AvgIpc) is 2.97. The van der Waals surface area contributed by atoms with Crippen LogP contribution in [-0.4, -0.2) is 29.6 Å². The number of carbonyl (C=O) groups excluding carboxylic acids is 2. The molecule has 8 heteroatoms. The predicted octanol–water partition coefficient (Wildman–Crippen LogP) is 1.06. The normalized spacial score (nSPS) is 18.5. The monoisotopic (exact) mass is 267 g/mol. The van der Waals surface area contributed by atoms with Gasteiger partial charge in [-0.05, 0) is 12.1 Å². The van der Waals surface area contributed by atoms with Crippen molar-refractivity contribution in [1.82, 2.24) is 0 Å². The van der Waals surface area contributed by atoms with Crippen LogP contribution in [0.2, 0.25) is 0 Å². The molecule has 1 aromatic heterocycles. The maximum absolute atomic E-state index is 11.4. The van der Waals surface area contributed by atoms with Gasteiger partial charge in [0.1, 0.15) is 10.7 Å². The Morgan fingerprint density at radius 2 is 2.32 bits per heavy atom. The molecule has 1 fully saturated rings. The predicted molar refractivity (Wildman–Crippen MR) is 59.9 cm³/mol. The fourth-order valence-corrected chi connectivity index (χ4v) is 1.44. The summed E-state index contributed by atoms with van der Waals surface area (Å²) in [6.07, 6.45) is 1.68. The Labute approximate surface area is 106 Å². The molecule has 1 aliphatic heterocycles. The lowest BCUT2D eigenvalue weighted by Gasteiger charge is -2.04. The van der Waals surface area contributed by atoms with Crippen LogP contribution in [0.15, 0.2) is 22.6 Å². The molecular formula is C11H9NO7. The average molecular weight is 267 g/mol. The van der Waals surface area contributed by atoms with Crippen LogP contribution in [0.5, 0.6) is 0 Å². The van der Waals surface area contributed by atoms with E-state index < -0.39 is 28.9 Å². The standard InChI is InChI=1S/C11H9NO7/c13-10(19-8-5-6-17-11(8)14)4-2-7-1-3-9(18-7)12(15)16/h1-4,8H,5-6H2/b4-2+/t8-/m0/s1. The molecule has 1 aliphatic rings. The first-order valence-electron chi connectivity index (χ1n) is 5.36. The van der Waals surface area contributed by atoms with E-state index in [4.69, 9.17) is 9.15 Å². The summed E-state index contributed by atoms with van der Waals surface area (Å²) in [5.41, 5.74) is 0. The Hall–Kier alpha value is -2.64. The number of carbonyl (C=O) groups is 2. The van der Waals surface area contributed by atoms with Gasteiger partial charge in [0.2, 0.25) is 6.10 Å². The van der Waals surface area contributed by atoms with Gasteiger partial charge in [-0.2, -0.15) is 0 Å². The number of hydrogen-bond donors (Lipinski definition) is 0. The van der Waals surface area contributed by atoms with Crippen LogP contribution in [0, 0.1) is 10.1 Å². The fraction of sp³-hybridized carbons (Fsp3) is 0.273. The first-order chi connectivity index (χ1) is 9.06. The molecule has 100 valence electrons. The maximum atomic E-state index is 11.4. The summed E-state index contributed by atoms with van der Waals surface area (Å²) in [5.74, 6) is -1.61. The van der Waals surface area contributed by atoms with Crippen molar-refractivity contribution >= 4 is 23.9 Å². The minimum absolute atomic E-state index is 0.137. The summed E-state index contributed by atoms with van der Waals surface area (Å²) in [5, 5.41) is 10.4. The van der Waals surface area contributed by atoms with Crippen molar-refractivity contribution in [2.24, 2.45) is 0 Å². The number of rotatable bonds is 4. The van der Waals surface area contributed by atoms with Crippen LogP contribution in [-0.2, 0) is 19.1 Å². The van der Waals surface area contributed by atoms with Crippen molar-refractivity contribution in [3.63, 3.8) is 0 Å². The quantitative estimate of drug-likeness (QED) is 0.347. The van der Waals surface area contributed by atoms with E-state index in [1.807, 2.05) is 0 Å². The van der Waals surface area contributed by atoms with Gasteiger partial charge in [0, 0.05) is 12.5 Å². The molecular weight excluding hydrogens is 258 g/mol.